The van der Waals surface area contributed by atoms with Crippen LogP contribution in [0.15, 0.2) is 36.5 Å². The first-order chi connectivity index (χ1) is 9.74. The van der Waals surface area contributed by atoms with Crippen LogP contribution in [0.1, 0.15) is 28.5 Å². The van der Waals surface area contributed by atoms with Crippen LogP contribution in [0.2, 0.25) is 0 Å². The lowest BCUT2D eigenvalue weighted by Gasteiger charge is -2.09. The van der Waals surface area contributed by atoms with Crippen molar-refractivity contribution >= 4 is 11.9 Å². The van der Waals surface area contributed by atoms with Crippen molar-refractivity contribution < 1.29 is 9.53 Å². The largest absolute Gasteiger partial charge is 0.462 e. The summed E-state index contributed by atoms with van der Waals surface area (Å²) in [6.45, 7) is 2.06. The number of nitrogens with one attached hydrogen (secondary N) is 1. The fourth-order valence-electron chi connectivity index (χ4n) is 1.79. The number of nitrogen functional groups attached to an aromatic ring is 1. The van der Waals surface area contributed by atoms with E-state index in [1.165, 1.54) is 6.20 Å². The van der Waals surface area contributed by atoms with Crippen molar-refractivity contribution in [2.24, 2.45) is 5.84 Å². The molecule has 20 heavy (non-hydrogen) atoms. The molecule has 0 bridgehead atoms. The minimum Gasteiger partial charge on any atom is -0.462 e. The fraction of sp³-hybridized carbons (Fsp3) is 0.214. The summed E-state index contributed by atoms with van der Waals surface area (Å²) in [7, 11) is 0. The number of nitrogens with two attached hydrogens (primary N) is 1. The molecule has 1 heterocycles. The highest BCUT2D eigenvalue weighted by atomic mass is 16.5. The number of hydrazine groups is 1. The zero-order chi connectivity index (χ0) is 14.4. The van der Waals surface area contributed by atoms with Crippen molar-refractivity contribution in [1.82, 2.24) is 9.97 Å². The number of hydrogen-bond acceptors (Lipinski definition) is 6. The smallest absolute Gasteiger partial charge is 0.341 e. The zero-order valence-electron chi connectivity index (χ0n) is 11.2. The van der Waals surface area contributed by atoms with E-state index in [-0.39, 0.29) is 5.95 Å². The summed E-state index contributed by atoms with van der Waals surface area (Å²) in [5.41, 5.74) is 4.36. The summed E-state index contributed by atoms with van der Waals surface area (Å²) in [6, 6.07) is 9.73. The number of anilines is 1. The highest BCUT2D eigenvalue weighted by molar-refractivity contribution is 5.90. The van der Waals surface area contributed by atoms with E-state index in [1.807, 2.05) is 30.3 Å². The summed E-state index contributed by atoms with van der Waals surface area (Å²) in [5, 5.41) is 0. The lowest BCUT2D eigenvalue weighted by molar-refractivity contribution is 0.0524. The average Bonchev–Trinajstić information content (AvgIpc) is 2.48. The number of rotatable bonds is 5. The Hall–Kier alpha value is -2.47. The Morgan fingerprint density at radius 1 is 1.35 bits per heavy atom. The molecule has 1 aromatic heterocycles. The molecule has 6 nitrogen and oxygen atoms in total. The third-order valence-electron chi connectivity index (χ3n) is 2.71. The second kappa shape index (κ2) is 6.63. The van der Waals surface area contributed by atoms with Crippen LogP contribution < -0.4 is 11.3 Å². The maximum absolute atomic E-state index is 11.9. The molecule has 0 saturated heterocycles. The summed E-state index contributed by atoms with van der Waals surface area (Å²) < 4.78 is 5.01. The van der Waals surface area contributed by atoms with Gasteiger partial charge >= 0.3 is 5.97 Å². The zero-order valence-corrected chi connectivity index (χ0v) is 11.2. The molecule has 0 atom stereocenters. The molecule has 1 aromatic carbocycles. The normalized spacial score (nSPS) is 10.1. The van der Waals surface area contributed by atoms with Gasteiger partial charge in [-0.15, -0.1) is 0 Å². The number of benzene rings is 1. The molecule has 3 N–H and O–H groups in total. The van der Waals surface area contributed by atoms with Crippen LogP contribution in [-0.4, -0.2) is 22.5 Å². The molecular formula is C14H16N4O2. The molecule has 104 valence electrons. The van der Waals surface area contributed by atoms with Gasteiger partial charge in [0.1, 0.15) is 0 Å². The first kappa shape index (κ1) is 14.0. The maximum atomic E-state index is 11.9. The second-order valence-electron chi connectivity index (χ2n) is 4.08. The van der Waals surface area contributed by atoms with Gasteiger partial charge in [0.2, 0.25) is 5.95 Å². The number of nitrogens with zero attached hydrogens (tertiary/aromatic N) is 2. The number of aromatic nitrogens is 2. The SMILES string of the molecule is CCOC(=O)c1cnc(NN)nc1Cc1ccccc1. The van der Waals surface area contributed by atoms with Crippen molar-refractivity contribution in [2.45, 2.75) is 13.3 Å². The van der Waals surface area contributed by atoms with E-state index in [2.05, 4.69) is 15.4 Å². The van der Waals surface area contributed by atoms with Crippen LogP contribution in [0.25, 0.3) is 0 Å². The van der Waals surface area contributed by atoms with E-state index >= 15 is 0 Å². The van der Waals surface area contributed by atoms with Crippen molar-refractivity contribution in [2.75, 3.05) is 12.0 Å². The van der Waals surface area contributed by atoms with E-state index in [0.29, 0.717) is 24.3 Å². The lowest BCUT2D eigenvalue weighted by Crippen LogP contribution is -2.16. The van der Waals surface area contributed by atoms with Gasteiger partial charge in [-0.2, -0.15) is 0 Å². The molecule has 0 aliphatic heterocycles. The van der Waals surface area contributed by atoms with Gasteiger partial charge in [0.15, 0.2) is 0 Å². The molecule has 2 aromatic rings. The van der Waals surface area contributed by atoms with E-state index in [4.69, 9.17) is 10.6 Å². The highest BCUT2D eigenvalue weighted by Crippen LogP contribution is 2.14. The Morgan fingerprint density at radius 3 is 2.75 bits per heavy atom. The maximum Gasteiger partial charge on any atom is 0.341 e. The molecule has 0 radical (unpaired) electrons. The van der Waals surface area contributed by atoms with Crippen LogP contribution in [0.5, 0.6) is 0 Å². The van der Waals surface area contributed by atoms with Gasteiger partial charge in [0, 0.05) is 12.6 Å². The summed E-state index contributed by atoms with van der Waals surface area (Å²) in [4.78, 5) is 20.1. The first-order valence-electron chi connectivity index (χ1n) is 6.28. The molecule has 2 rings (SSSR count). The highest BCUT2D eigenvalue weighted by Gasteiger charge is 2.15. The van der Waals surface area contributed by atoms with Crippen LogP contribution in [0.3, 0.4) is 0 Å². The summed E-state index contributed by atoms with van der Waals surface area (Å²) in [6.07, 6.45) is 1.94. The molecule has 0 spiro atoms. The summed E-state index contributed by atoms with van der Waals surface area (Å²) >= 11 is 0. The van der Waals surface area contributed by atoms with Gasteiger partial charge in [-0.25, -0.2) is 20.6 Å². The molecular weight excluding hydrogens is 256 g/mol. The van der Waals surface area contributed by atoms with Gasteiger partial charge in [-0.05, 0) is 12.5 Å². The molecule has 0 unspecified atom stereocenters. The topological polar surface area (TPSA) is 90.1 Å². The molecule has 0 fully saturated rings. The molecule has 0 amide bonds. The number of esters is 1. The van der Waals surface area contributed by atoms with Crippen molar-refractivity contribution in [1.29, 1.82) is 0 Å². The fourth-order valence-corrected chi connectivity index (χ4v) is 1.79. The molecule has 0 aliphatic carbocycles. The quantitative estimate of drug-likeness (QED) is 0.487. The predicted molar refractivity (Wildman–Crippen MR) is 75.0 cm³/mol. The van der Waals surface area contributed by atoms with Gasteiger partial charge in [-0.3, -0.25) is 5.43 Å². The van der Waals surface area contributed by atoms with Gasteiger partial charge < -0.3 is 4.74 Å². The van der Waals surface area contributed by atoms with Crippen molar-refractivity contribution in [3.63, 3.8) is 0 Å². The summed E-state index contributed by atoms with van der Waals surface area (Å²) in [5.74, 6) is 5.14. The van der Waals surface area contributed by atoms with Gasteiger partial charge in [0.25, 0.3) is 0 Å². The van der Waals surface area contributed by atoms with Crippen molar-refractivity contribution in [3.05, 3.63) is 53.3 Å². The third-order valence-corrected chi connectivity index (χ3v) is 2.71. The molecule has 0 aliphatic rings. The monoisotopic (exact) mass is 272 g/mol. The Morgan fingerprint density at radius 2 is 2.10 bits per heavy atom. The molecule has 6 heteroatoms. The Kier molecular flexibility index (Phi) is 4.62. The van der Waals surface area contributed by atoms with Crippen LogP contribution >= 0.6 is 0 Å². The number of carbonyl (C=O) groups is 1. The minimum atomic E-state index is -0.429. The molecule has 0 saturated carbocycles. The third kappa shape index (κ3) is 3.30. The minimum absolute atomic E-state index is 0.268. The Labute approximate surface area is 117 Å². The van der Waals surface area contributed by atoms with Gasteiger partial charge in [0.05, 0.1) is 17.9 Å². The first-order valence-corrected chi connectivity index (χ1v) is 6.28. The Bertz CT molecular complexity index is 587. The second-order valence-corrected chi connectivity index (χ2v) is 4.08. The predicted octanol–water partition coefficient (Wildman–Crippen LogP) is 1.53. The number of carbonyl (C=O) groups excluding carboxylic acids is 1. The van der Waals surface area contributed by atoms with E-state index in [9.17, 15) is 4.79 Å². The Balaban J connectivity index is 2.34. The van der Waals surface area contributed by atoms with Gasteiger partial charge in [-0.1, -0.05) is 30.3 Å². The lowest BCUT2D eigenvalue weighted by atomic mass is 10.1. The van der Waals surface area contributed by atoms with Crippen LogP contribution in [0.4, 0.5) is 5.95 Å². The van der Waals surface area contributed by atoms with E-state index < -0.39 is 5.97 Å². The number of hydrogen-bond donors (Lipinski definition) is 2. The average molecular weight is 272 g/mol. The van der Waals surface area contributed by atoms with E-state index in [1.54, 1.807) is 6.92 Å². The standard InChI is InChI=1S/C14H16N4O2/c1-2-20-13(19)11-9-16-14(18-15)17-12(11)8-10-6-4-3-5-7-10/h3-7,9H,2,8,15H2,1H3,(H,16,17,18). The van der Waals surface area contributed by atoms with Crippen LogP contribution in [0, 0.1) is 0 Å². The van der Waals surface area contributed by atoms with Crippen LogP contribution in [-0.2, 0) is 11.2 Å². The number of ether oxygens (including phenoxy) is 1. The van der Waals surface area contributed by atoms with E-state index in [0.717, 1.165) is 5.56 Å². The van der Waals surface area contributed by atoms with Crippen molar-refractivity contribution in [3.8, 4) is 0 Å².